The number of hydrogen-bond acceptors (Lipinski definition) is 3. The summed E-state index contributed by atoms with van der Waals surface area (Å²) in [5.41, 5.74) is 1.10. The third-order valence-corrected chi connectivity index (χ3v) is 6.39. The summed E-state index contributed by atoms with van der Waals surface area (Å²) in [4.78, 5) is 24.5. The topological polar surface area (TPSA) is 82.0 Å². The van der Waals surface area contributed by atoms with Gasteiger partial charge in [-0.25, -0.2) is 4.79 Å². The molecule has 4 saturated carbocycles. The van der Waals surface area contributed by atoms with Crippen molar-refractivity contribution in [2.45, 2.75) is 44.6 Å². The summed E-state index contributed by atoms with van der Waals surface area (Å²) in [5, 5.41) is 15.0. The van der Waals surface area contributed by atoms with Crippen molar-refractivity contribution in [3.8, 4) is 6.07 Å². The number of nitriles is 1. The number of hydrogen-bond donors (Lipinski definition) is 2. The maximum atomic E-state index is 12.5. The Balaban J connectivity index is 1.45. The van der Waals surface area contributed by atoms with Gasteiger partial charge in [0.1, 0.15) is 5.78 Å². The Bertz CT molecular complexity index is 733. The molecule has 4 aliphatic carbocycles. The van der Waals surface area contributed by atoms with Crippen molar-refractivity contribution in [1.29, 1.82) is 5.26 Å². The highest BCUT2D eigenvalue weighted by molar-refractivity contribution is 5.90. The first-order chi connectivity index (χ1) is 12.0. The predicted octanol–water partition coefficient (Wildman–Crippen LogP) is 3.46. The zero-order valence-corrected chi connectivity index (χ0v) is 14.4. The normalized spacial score (nSPS) is 35.0. The average Bonchev–Trinajstić information content (AvgIpc) is 2.53. The van der Waals surface area contributed by atoms with Crippen molar-refractivity contribution in [3.63, 3.8) is 0 Å². The predicted molar refractivity (Wildman–Crippen MR) is 93.8 cm³/mol. The maximum Gasteiger partial charge on any atom is 0.319 e. The summed E-state index contributed by atoms with van der Waals surface area (Å²) in [6.45, 7) is 1.73. The summed E-state index contributed by atoms with van der Waals surface area (Å²) in [6.07, 6.45) is 5.16. The third kappa shape index (κ3) is 2.90. The van der Waals surface area contributed by atoms with E-state index in [1.165, 1.54) is 0 Å². The smallest absolute Gasteiger partial charge is 0.319 e. The second-order valence-corrected chi connectivity index (χ2v) is 8.16. The van der Waals surface area contributed by atoms with Gasteiger partial charge in [0.15, 0.2) is 0 Å². The SMILES string of the molecule is CC(=O)C1C2CC3CC1CC(NC(=O)Nc1ccc(C#N)cc1)(C3)C2. The average molecular weight is 337 g/mol. The van der Waals surface area contributed by atoms with E-state index < -0.39 is 0 Å². The van der Waals surface area contributed by atoms with Crippen molar-refractivity contribution in [1.82, 2.24) is 5.32 Å². The maximum absolute atomic E-state index is 12.5. The van der Waals surface area contributed by atoms with Gasteiger partial charge >= 0.3 is 6.03 Å². The Morgan fingerprint density at radius 3 is 2.32 bits per heavy atom. The molecule has 1 aromatic rings. The number of nitrogens with zero attached hydrogens (tertiary/aromatic N) is 1. The van der Waals surface area contributed by atoms with Gasteiger partial charge in [0, 0.05) is 17.1 Å². The van der Waals surface area contributed by atoms with E-state index in [2.05, 4.69) is 16.7 Å². The van der Waals surface area contributed by atoms with Crippen LogP contribution in [0.1, 0.15) is 44.6 Å². The van der Waals surface area contributed by atoms with Gasteiger partial charge in [0.2, 0.25) is 0 Å². The molecule has 0 radical (unpaired) electrons. The van der Waals surface area contributed by atoms with Gasteiger partial charge in [-0.05, 0) is 81.0 Å². The molecule has 5 rings (SSSR count). The number of urea groups is 1. The van der Waals surface area contributed by atoms with Crippen molar-refractivity contribution >= 4 is 17.5 Å². The van der Waals surface area contributed by atoms with Crippen molar-refractivity contribution in [3.05, 3.63) is 29.8 Å². The van der Waals surface area contributed by atoms with Crippen LogP contribution in [-0.2, 0) is 4.79 Å². The first-order valence-corrected chi connectivity index (χ1v) is 9.08. The molecule has 25 heavy (non-hydrogen) atoms. The molecular weight excluding hydrogens is 314 g/mol. The van der Waals surface area contributed by atoms with E-state index in [4.69, 9.17) is 5.26 Å². The molecule has 4 bridgehead atoms. The number of nitrogens with one attached hydrogen (secondary N) is 2. The monoisotopic (exact) mass is 337 g/mol. The van der Waals surface area contributed by atoms with Crippen LogP contribution < -0.4 is 10.6 Å². The molecule has 0 heterocycles. The van der Waals surface area contributed by atoms with Gasteiger partial charge in [-0.15, -0.1) is 0 Å². The van der Waals surface area contributed by atoms with Crippen molar-refractivity contribution in [2.24, 2.45) is 23.7 Å². The number of carbonyl (C=O) groups is 2. The van der Waals surface area contributed by atoms with E-state index >= 15 is 0 Å². The Labute approximate surface area is 147 Å². The fourth-order valence-electron chi connectivity index (χ4n) is 5.87. The number of benzene rings is 1. The molecular formula is C20H23N3O2. The molecule has 2 atom stereocenters. The minimum Gasteiger partial charge on any atom is -0.332 e. The molecule has 5 nitrogen and oxygen atoms in total. The quantitative estimate of drug-likeness (QED) is 0.886. The van der Waals surface area contributed by atoms with Gasteiger partial charge in [-0.1, -0.05) is 0 Å². The van der Waals surface area contributed by atoms with Crippen LogP contribution in [-0.4, -0.2) is 17.4 Å². The summed E-state index contributed by atoms with van der Waals surface area (Å²) in [6, 6.07) is 8.74. The summed E-state index contributed by atoms with van der Waals surface area (Å²) < 4.78 is 0. The molecule has 0 aliphatic heterocycles. The number of carbonyl (C=O) groups excluding carboxylic acids is 2. The van der Waals surface area contributed by atoms with Gasteiger partial charge in [0.25, 0.3) is 0 Å². The summed E-state index contributed by atoms with van der Waals surface area (Å²) in [5.74, 6) is 2.03. The lowest BCUT2D eigenvalue weighted by atomic mass is 9.48. The van der Waals surface area contributed by atoms with Crippen molar-refractivity contribution < 1.29 is 9.59 Å². The number of amides is 2. The molecule has 5 heteroatoms. The van der Waals surface area contributed by atoms with E-state index in [9.17, 15) is 9.59 Å². The minimum absolute atomic E-state index is 0.154. The van der Waals surface area contributed by atoms with Crippen LogP contribution in [0.2, 0.25) is 0 Å². The van der Waals surface area contributed by atoms with Crippen LogP contribution >= 0.6 is 0 Å². The molecule has 2 N–H and O–H groups in total. The van der Waals surface area contributed by atoms with E-state index in [1.54, 1.807) is 31.2 Å². The molecule has 1 aromatic carbocycles. The van der Waals surface area contributed by atoms with E-state index in [0.29, 0.717) is 34.8 Å². The molecule has 4 aliphatic rings. The number of anilines is 1. The molecule has 4 fully saturated rings. The van der Waals surface area contributed by atoms with Crippen LogP contribution in [0.25, 0.3) is 0 Å². The number of rotatable bonds is 3. The Morgan fingerprint density at radius 2 is 1.76 bits per heavy atom. The number of ketones is 1. The van der Waals surface area contributed by atoms with E-state index in [0.717, 1.165) is 32.1 Å². The highest BCUT2D eigenvalue weighted by atomic mass is 16.2. The fraction of sp³-hybridized carbons (Fsp3) is 0.550. The van der Waals surface area contributed by atoms with E-state index in [1.807, 2.05) is 0 Å². The second kappa shape index (κ2) is 5.87. The molecule has 0 spiro atoms. The van der Waals surface area contributed by atoms with Crippen LogP contribution in [0.4, 0.5) is 10.5 Å². The Hall–Kier alpha value is -2.35. The summed E-state index contributed by atoms with van der Waals surface area (Å²) >= 11 is 0. The molecule has 2 amide bonds. The lowest BCUT2D eigenvalue weighted by Gasteiger charge is -2.59. The largest absolute Gasteiger partial charge is 0.332 e. The first-order valence-electron chi connectivity index (χ1n) is 9.08. The Morgan fingerprint density at radius 1 is 1.12 bits per heavy atom. The van der Waals surface area contributed by atoms with Gasteiger partial charge < -0.3 is 10.6 Å². The van der Waals surface area contributed by atoms with Crippen LogP contribution in [0.5, 0.6) is 0 Å². The molecule has 2 unspecified atom stereocenters. The van der Waals surface area contributed by atoms with Crippen LogP contribution in [0.3, 0.4) is 0 Å². The molecule has 130 valence electrons. The van der Waals surface area contributed by atoms with Crippen molar-refractivity contribution in [2.75, 3.05) is 5.32 Å². The van der Waals surface area contributed by atoms with Gasteiger partial charge in [-0.3, -0.25) is 4.79 Å². The fourth-order valence-corrected chi connectivity index (χ4v) is 5.87. The standard InChI is InChI=1S/C20H23N3O2/c1-12(24)18-15-6-14-7-16(18)10-20(8-14,9-15)23-19(25)22-17-4-2-13(11-21)3-5-17/h2-5,14-16,18H,6-10H2,1H3,(H2,22,23,25). The van der Waals surface area contributed by atoms with Crippen LogP contribution in [0, 0.1) is 35.0 Å². The lowest BCUT2D eigenvalue weighted by Crippen LogP contribution is -2.63. The van der Waals surface area contributed by atoms with Gasteiger partial charge in [0.05, 0.1) is 11.6 Å². The Kier molecular flexibility index (Phi) is 3.79. The summed E-state index contributed by atoms with van der Waals surface area (Å²) in [7, 11) is 0. The zero-order valence-electron chi connectivity index (χ0n) is 14.4. The first kappa shape index (κ1) is 16.1. The minimum atomic E-state index is -0.189. The highest BCUT2D eigenvalue weighted by Crippen LogP contribution is 2.58. The molecule has 0 saturated heterocycles. The highest BCUT2D eigenvalue weighted by Gasteiger charge is 2.56. The van der Waals surface area contributed by atoms with Gasteiger partial charge in [-0.2, -0.15) is 5.26 Å². The van der Waals surface area contributed by atoms with Crippen LogP contribution in [0.15, 0.2) is 24.3 Å². The molecule has 0 aromatic heterocycles. The number of Topliss-reactive ketones (excluding diaryl/α,β-unsaturated/α-hetero) is 1. The second-order valence-electron chi connectivity index (χ2n) is 8.16. The third-order valence-electron chi connectivity index (χ3n) is 6.39. The van der Waals surface area contributed by atoms with E-state index in [-0.39, 0.29) is 17.5 Å². The lowest BCUT2D eigenvalue weighted by molar-refractivity contribution is -0.135. The zero-order chi connectivity index (χ0) is 17.6.